The average molecular weight is 307 g/mol. The normalized spacial score (nSPS) is 11.8. The number of aliphatic hydroxyl groups excluding tert-OH is 1. The van der Waals surface area contributed by atoms with Gasteiger partial charge >= 0.3 is 0 Å². The molecule has 1 atom stereocenters. The molecule has 1 aromatic rings. The average Bonchev–Trinajstić information content (AvgIpc) is 2.45. The lowest BCUT2D eigenvalue weighted by molar-refractivity contribution is 0.0933. The molecular weight excluding hydrogens is 282 g/mol. The summed E-state index contributed by atoms with van der Waals surface area (Å²) in [4.78, 5) is 13.3. The molecule has 1 amide bonds. The van der Waals surface area contributed by atoms with Crippen LogP contribution in [0.2, 0.25) is 0 Å². The lowest BCUT2D eigenvalue weighted by atomic mass is 10.1. The first kappa shape index (κ1) is 17.8. The molecule has 0 heterocycles. The molecule has 0 radical (unpaired) electrons. The third-order valence-electron chi connectivity index (χ3n) is 3.03. The van der Waals surface area contributed by atoms with Crippen LogP contribution in [-0.2, 0) is 0 Å². The molecule has 1 rings (SSSR count). The van der Waals surface area contributed by atoms with Crippen molar-refractivity contribution in [3.05, 3.63) is 41.5 Å². The van der Waals surface area contributed by atoms with Crippen LogP contribution >= 0.6 is 11.8 Å². The fraction of sp³-hybridized carbons (Fsp3) is 0.471. The summed E-state index contributed by atoms with van der Waals surface area (Å²) in [6, 6.07) is 7.76. The molecule has 0 aliphatic heterocycles. The Kier molecular flexibility index (Phi) is 8.16. The van der Waals surface area contributed by atoms with Gasteiger partial charge in [0, 0.05) is 23.3 Å². The summed E-state index contributed by atoms with van der Waals surface area (Å²) >= 11 is 1.67. The maximum absolute atomic E-state index is 12.3. The number of carbonyl (C=O) groups excluding carboxylic acids is 1. The van der Waals surface area contributed by atoms with E-state index in [4.69, 9.17) is 5.11 Å². The van der Waals surface area contributed by atoms with Gasteiger partial charge in [-0.25, -0.2) is 0 Å². The monoisotopic (exact) mass is 307 g/mol. The largest absolute Gasteiger partial charge is 0.396 e. The fourth-order valence-corrected chi connectivity index (χ4v) is 2.94. The van der Waals surface area contributed by atoms with Crippen LogP contribution in [0.25, 0.3) is 0 Å². The Balaban J connectivity index is 2.68. The molecule has 0 fully saturated rings. The van der Waals surface area contributed by atoms with Crippen molar-refractivity contribution in [3.8, 4) is 0 Å². The second-order valence-electron chi connectivity index (χ2n) is 5.33. The van der Waals surface area contributed by atoms with E-state index in [-0.39, 0.29) is 18.6 Å². The number of hydrogen-bond donors (Lipinski definition) is 2. The van der Waals surface area contributed by atoms with E-state index < -0.39 is 0 Å². The van der Waals surface area contributed by atoms with Crippen LogP contribution in [0.1, 0.15) is 44.0 Å². The second kappa shape index (κ2) is 9.64. The Hall–Kier alpha value is -1.26. The van der Waals surface area contributed by atoms with Crippen molar-refractivity contribution in [1.82, 2.24) is 5.32 Å². The molecule has 0 saturated carbocycles. The van der Waals surface area contributed by atoms with Crippen LogP contribution in [0.4, 0.5) is 0 Å². The van der Waals surface area contributed by atoms with E-state index in [1.807, 2.05) is 31.2 Å². The zero-order chi connectivity index (χ0) is 15.7. The molecule has 21 heavy (non-hydrogen) atoms. The lowest BCUT2D eigenvalue weighted by Gasteiger charge is -2.15. The summed E-state index contributed by atoms with van der Waals surface area (Å²) in [5.41, 5.74) is 2.00. The summed E-state index contributed by atoms with van der Waals surface area (Å²) in [6.45, 7) is 6.27. The second-order valence-corrected chi connectivity index (χ2v) is 6.39. The molecule has 4 heteroatoms. The van der Waals surface area contributed by atoms with Crippen LogP contribution in [0.15, 0.2) is 40.8 Å². The highest BCUT2D eigenvalue weighted by atomic mass is 32.2. The maximum Gasteiger partial charge on any atom is 0.252 e. The number of hydrogen-bond acceptors (Lipinski definition) is 3. The number of carbonyl (C=O) groups is 1. The Morgan fingerprint density at radius 2 is 2.10 bits per heavy atom. The first-order chi connectivity index (χ1) is 10.0. The van der Waals surface area contributed by atoms with E-state index in [0.29, 0.717) is 6.42 Å². The van der Waals surface area contributed by atoms with Gasteiger partial charge in [-0.05, 0) is 45.7 Å². The highest BCUT2D eigenvalue weighted by Gasteiger charge is 2.13. The van der Waals surface area contributed by atoms with Crippen LogP contribution in [-0.4, -0.2) is 29.4 Å². The quantitative estimate of drug-likeness (QED) is 0.569. The highest BCUT2D eigenvalue weighted by molar-refractivity contribution is 7.99. The molecule has 1 unspecified atom stereocenters. The number of aliphatic hydroxyl groups is 1. The van der Waals surface area contributed by atoms with Crippen molar-refractivity contribution < 1.29 is 9.90 Å². The Morgan fingerprint density at radius 1 is 1.38 bits per heavy atom. The van der Waals surface area contributed by atoms with Gasteiger partial charge in [0.05, 0.1) is 5.56 Å². The van der Waals surface area contributed by atoms with Gasteiger partial charge in [0.2, 0.25) is 0 Å². The SMILES string of the molecule is CC(C)=CCSc1ccccc1C(=O)NC(C)CCCO. The van der Waals surface area contributed by atoms with Crippen LogP contribution in [0.3, 0.4) is 0 Å². The minimum Gasteiger partial charge on any atom is -0.396 e. The molecule has 0 aliphatic carbocycles. The van der Waals surface area contributed by atoms with Crippen molar-refractivity contribution in [2.24, 2.45) is 0 Å². The van der Waals surface area contributed by atoms with E-state index in [0.717, 1.165) is 22.6 Å². The zero-order valence-electron chi connectivity index (χ0n) is 13.1. The number of benzene rings is 1. The smallest absolute Gasteiger partial charge is 0.252 e. The molecule has 0 aliphatic rings. The van der Waals surface area contributed by atoms with Gasteiger partial charge in [-0.15, -0.1) is 11.8 Å². The van der Waals surface area contributed by atoms with E-state index in [2.05, 4.69) is 25.2 Å². The number of amides is 1. The summed E-state index contributed by atoms with van der Waals surface area (Å²) < 4.78 is 0. The number of allylic oxidation sites excluding steroid dienone is 1. The third-order valence-corrected chi connectivity index (χ3v) is 4.04. The number of nitrogens with one attached hydrogen (secondary N) is 1. The van der Waals surface area contributed by atoms with E-state index in [9.17, 15) is 4.79 Å². The van der Waals surface area contributed by atoms with Crippen molar-refractivity contribution >= 4 is 17.7 Å². The van der Waals surface area contributed by atoms with Crippen LogP contribution in [0.5, 0.6) is 0 Å². The van der Waals surface area contributed by atoms with Crippen LogP contribution in [0, 0.1) is 0 Å². The van der Waals surface area contributed by atoms with Gasteiger partial charge < -0.3 is 10.4 Å². The van der Waals surface area contributed by atoms with Gasteiger partial charge in [-0.3, -0.25) is 4.79 Å². The molecule has 2 N–H and O–H groups in total. The van der Waals surface area contributed by atoms with Crippen molar-refractivity contribution in [2.45, 2.75) is 44.6 Å². The summed E-state index contributed by atoms with van der Waals surface area (Å²) in [5, 5.41) is 11.8. The van der Waals surface area contributed by atoms with Crippen LogP contribution < -0.4 is 5.32 Å². The topological polar surface area (TPSA) is 49.3 Å². The molecule has 116 valence electrons. The van der Waals surface area contributed by atoms with Gasteiger partial charge in [0.25, 0.3) is 5.91 Å². The van der Waals surface area contributed by atoms with Crippen molar-refractivity contribution in [3.63, 3.8) is 0 Å². The minimum absolute atomic E-state index is 0.0410. The first-order valence-electron chi connectivity index (χ1n) is 7.31. The Morgan fingerprint density at radius 3 is 2.76 bits per heavy atom. The first-order valence-corrected chi connectivity index (χ1v) is 8.30. The summed E-state index contributed by atoms with van der Waals surface area (Å²) in [7, 11) is 0. The maximum atomic E-state index is 12.3. The van der Waals surface area contributed by atoms with Gasteiger partial charge in [-0.2, -0.15) is 0 Å². The van der Waals surface area contributed by atoms with Crippen molar-refractivity contribution in [2.75, 3.05) is 12.4 Å². The van der Waals surface area contributed by atoms with E-state index >= 15 is 0 Å². The molecule has 0 aromatic heterocycles. The molecule has 0 saturated heterocycles. The van der Waals surface area contributed by atoms with Gasteiger partial charge in [0.15, 0.2) is 0 Å². The van der Waals surface area contributed by atoms with Gasteiger partial charge in [-0.1, -0.05) is 23.8 Å². The predicted octanol–water partition coefficient (Wildman–Crippen LogP) is 3.64. The fourth-order valence-electron chi connectivity index (χ4n) is 1.85. The summed E-state index contributed by atoms with van der Waals surface area (Å²) in [6.07, 6.45) is 3.65. The molecule has 0 spiro atoms. The van der Waals surface area contributed by atoms with E-state index in [1.165, 1.54) is 5.57 Å². The molecule has 1 aromatic carbocycles. The Labute approximate surface area is 131 Å². The third kappa shape index (κ3) is 6.82. The van der Waals surface area contributed by atoms with Gasteiger partial charge in [0.1, 0.15) is 0 Å². The van der Waals surface area contributed by atoms with Crippen molar-refractivity contribution in [1.29, 1.82) is 0 Å². The van der Waals surface area contributed by atoms with E-state index in [1.54, 1.807) is 11.8 Å². The number of rotatable bonds is 8. The summed E-state index contributed by atoms with van der Waals surface area (Å²) in [5.74, 6) is 0.827. The lowest BCUT2D eigenvalue weighted by Crippen LogP contribution is -2.33. The zero-order valence-corrected chi connectivity index (χ0v) is 13.9. The molecule has 0 bridgehead atoms. The Bertz CT molecular complexity index is 481. The molecule has 3 nitrogen and oxygen atoms in total. The number of thioether (sulfide) groups is 1. The highest BCUT2D eigenvalue weighted by Crippen LogP contribution is 2.23. The predicted molar refractivity (Wildman–Crippen MR) is 89.8 cm³/mol. The minimum atomic E-state index is -0.0410. The standard InChI is InChI=1S/C17H25NO2S/c1-13(2)10-12-21-16-9-5-4-8-15(16)17(20)18-14(3)7-6-11-19/h4-5,8-10,14,19H,6-7,11-12H2,1-3H3,(H,18,20). The molecular formula is C17H25NO2S.